The number of rotatable bonds is 6. The first kappa shape index (κ1) is 24.2. The van der Waals surface area contributed by atoms with E-state index in [0.29, 0.717) is 60.7 Å². The minimum absolute atomic E-state index is 0.0675. The molecule has 0 aromatic heterocycles. The summed E-state index contributed by atoms with van der Waals surface area (Å²) in [5.41, 5.74) is 0.454. The number of hydrogen-bond donors (Lipinski definition) is 1. The molecular weight excluding hydrogens is 400 g/mol. The molecule has 4 fully saturated rings. The molecule has 0 bridgehead atoms. The van der Waals surface area contributed by atoms with Crippen molar-refractivity contribution in [1.82, 2.24) is 0 Å². The van der Waals surface area contributed by atoms with E-state index in [-0.39, 0.29) is 28.8 Å². The molecule has 0 radical (unpaired) electrons. The van der Waals surface area contributed by atoms with Gasteiger partial charge in [-0.05, 0) is 97.7 Å². The fraction of sp³-hybridized carbons (Fsp3) is 0.929. The zero-order chi connectivity index (χ0) is 23.3. The third kappa shape index (κ3) is 3.77. The van der Waals surface area contributed by atoms with Crippen LogP contribution in [0.15, 0.2) is 0 Å². The molecule has 32 heavy (non-hydrogen) atoms. The Morgan fingerprint density at radius 2 is 1.81 bits per heavy atom. The van der Waals surface area contributed by atoms with Crippen molar-refractivity contribution in [3.63, 3.8) is 0 Å². The van der Waals surface area contributed by atoms with Gasteiger partial charge in [-0.3, -0.25) is 9.59 Å². The van der Waals surface area contributed by atoms with Crippen LogP contribution in [0.5, 0.6) is 0 Å². The van der Waals surface area contributed by atoms with E-state index in [1.807, 2.05) is 6.92 Å². The van der Waals surface area contributed by atoms with Crippen molar-refractivity contribution >= 4 is 11.8 Å². The van der Waals surface area contributed by atoms with Crippen molar-refractivity contribution in [2.24, 2.45) is 52.3 Å². The SMILES string of the molecule is CCOC(=O)CC[C@@H](C)[C@H]1CCC2C3C(CC[C@@]21C)[C@@]1(C)CCC(=O)C[C@H]1[C@H](CC)[C@H]3O. The Labute approximate surface area is 195 Å². The van der Waals surface area contributed by atoms with Gasteiger partial charge in [0.2, 0.25) is 0 Å². The Morgan fingerprint density at radius 3 is 2.50 bits per heavy atom. The Morgan fingerprint density at radius 1 is 1.09 bits per heavy atom. The predicted molar refractivity (Wildman–Crippen MR) is 126 cm³/mol. The van der Waals surface area contributed by atoms with Crippen LogP contribution in [0.25, 0.3) is 0 Å². The molecule has 4 nitrogen and oxygen atoms in total. The van der Waals surface area contributed by atoms with E-state index < -0.39 is 0 Å². The molecular formula is C28H46O4. The lowest BCUT2D eigenvalue weighted by atomic mass is 9.41. The Kier molecular flexibility index (Phi) is 6.85. The second-order valence-electron chi connectivity index (χ2n) is 12.3. The van der Waals surface area contributed by atoms with Gasteiger partial charge in [-0.25, -0.2) is 0 Å². The number of fused-ring (bicyclic) bond motifs is 5. The summed E-state index contributed by atoms with van der Waals surface area (Å²) in [4.78, 5) is 24.3. The van der Waals surface area contributed by atoms with Crippen LogP contribution in [0, 0.1) is 52.3 Å². The molecule has 0 aromatic carbocycles. The zero-order valence-corrected chi connectivity index (χ0v) is 21.1. The fourth-order valence-electron chi connectivity index (χ4n) is 9.52. The summed E-state index contributed by atoms with van der Waals surface area (Å²) >= 11 is 0. The topological polar surface area (TPSA) is 63.6 Å². The Bertz CT molecular complexity index is 718. The molecule has 0 aliphatic heterocycles. The van der Waals surface area contributed by atoms with E-state index in [1.54, 1.807) is 0 Å². The fourth-order valence-corrected chi connectivity index (χ4v) is 9.52. The standard InChI is InChI=1S/C28H46O4/c1-6-19-23-16-18(29)12-14-28(23,5)22-13-15-27(4)20(9-10-21(27)25(22)26(19)31)17(3)8-11-24(30)32-7-2/h17,19-23,25-26,31H,6-16H2,1-5H3/t17-,19+,20-,21?,22?,23+,25?,26-,27-,28-/m1/s1. The number of Topliss-reactive ketones (excluding diaryl/α,β-unsaturated/α-hetero) is 1. The molecule has 4 aliphatic rings. The van der Waals surface area contributed by atoms with Crippen LogP contribution in [-0.2, 0) is 14.3 Å². The van der Waals surface area contributed by atoms with Crippen molar-refractivity contribution < 1.29 is 19.4 Å². The first-order chi connectivity index (χ1) is 15.2. The third-order valence-electron chi connectivity index (χ3n) is 11.1. The smallest absolute Gasteiger partial charge is 0.305 e. The minimum atomic E-state index is -0.271. The highest BCUT2D eigenvalue weighted by atomic mass is 16.5. The average molecular weight is 447 g/mol. The van der Waals surface area contributed by atoms with E-state index in [0.717, 1.165) is 25.7 Å². The highest BCUT2D eigenvalue weighted by Crippen LogP contribution is 2.69. The minimum Gasteiger partial charge on any atom is -0.466 e. The number of esters is 1. The largest absolute Gasteiger partial charge is 0.466 e. The highest BCUT2D eigenvalue weighted by molar-refractivity contribution is 5.79. The number of carbonyl (C=O) groups is 2. The zero-order valence-electron chi connectivity index (χ0n) is 21.1. The van der Waals surface area contributed by atoms with Crippen LogP contribution in [0.1, 0.15) is 98.8 Å². The van der Waals surface area contributed by atoms with Gasteiger partial charge in [-0.1, -0.05) is 34.1 Å². The Balaban J connectivity index is 1.56. The molecule has 0 saturated heterocycles. The van der Waals surface area contributed by atoms with E-state index in [1.165, 1.54) is 25.7 Å². The summed E-state index contributed by atoms with van der Waals surface area (Å²) in [6.45, 7) is 11.8. The first-order valence-electron chi connectivity index (χ1n) is 13.5. The van der Waals surface area contributed by atoms with Gasteiger partial charge in [-0.2, -0.15) is 0 Å². The van der Waals surface area contributed by atoms with Gasteiger partial charge in [0.15, 0.2) is 0 Å². The third-order valence-corrected chi connectivity index (χ3v) is 11.1. The molecule has 3 unspecified atom stereocenters. The molecule has 4 heteroatoms. The van der Waals surface area contributed by atoms with Crippen molar-refractivity contribution in [2.45, 2.75) is 105 Å². The van der Waals surface area contributed by atoms with E-state index in [2.05, 4.69) is 27.7 Å². The van der Waals surface area contributed by atoms with Gasteiger partial charge in [0.05, 0.1) is 12.7 Å². The first-order valence-corrected chi connectivity index (χ1v) is 13.5. The lowest BCUT2D eigenvalue weighted by molar-refractivity contribution is -0.194. The maximum absolute atomic E-state index is 12.4. The number of ether oxygens (including phenoxy) is 1. The van der Waals surface area contributed by atoms with Crippen LogP contribution in [0.3, 0.4) is 0 Å². The number of aliphatic hydroxyl groups is 1. The summed E-state index contributed by atoms with van der Waals surface area (Å²) < 4.78 is 5.17. The second kappa shape index (κ2) is 9.04. The van der Waals surface area contributed by atoms with Gasteiger partial charge in [0.1, 0.15) is 5.78 Å². The van der Waals surface area contributed by atoms with Crippen molar-refractivity contribution in [1.29, 1.82) is 0 Å². The number of aliphatic hydroxyl groups excluding tert-OH is 1. The van der Waals surface area contributed by atoms with Crippen LogP contribution in [0.2, 0.25) is 0 Å². The quantitative estimate of drug-likeness (QED) is 0.524. The van der Waals surface area contributed by atoms with E-state index >= 15 is 0 Å². The van der Waals surface area contributed by atoms with E-state index in [4.69, 9.17) is 4.74 Å². The number of ketones is 1. The van der Waals surface area contributed by atoms with Crippen LogP contribution in [0.4, 0.5) is 0 Å². The normalized spacial score (nSPS) is 46.7. The maximum atomic E-state index is 12.4. The van der Waals surface area contributed by atoms with Crippen molar-refractivity contribution in [3.8, 4) is 0 Å². The summed E-state index contributed by atoms with van der Waals surface area (Å²) in [6.07, 6.45) is 9.41. The molecule has 4 aliphatic carbocycles. The lowest BCUT2D eigenvalue weighted by Crippen LogP contribution is -2.61. The molecule has 182 valence electrons. The molecule has 0 spiro atoms. The van der Waals surface area contributed by atoms with Crippen LogP contribution in [-0.4, -0.2) is 29.6 Å². The molecule has 0 aromatic rings. The number of carbonyl (C=O) groups excluding carboxylic acids is 2. The van der Waals surface area contributed by atoms with Gasteiger partial charge < -0.3 is 9.84 Å². The van der Waals surface area contributed by atoms with Gasteiger partial charge in [0, 0.05) is 19.3 Å². The maximum Gasteiger partial charge on any atom is 0.305 e. The second-order valence-corrected chi connectivity index (χ2v) is 12.3. The molecule has 0 heterocycles. The van der Waals surface area contributed by atoms with Crippen molar-refractivity contribution in [3.05, 3.63) is 0 Å². The summed E-state index contributed by atoms with van der Waals surface area (Å²) in [5, 5.41) is 11.8. The molecule has 4 saturated carbocycles. The summed E-state index contributed by atoms with van der Waals surface area (Å²) in [7, 11) is 0. The molecule has 10 atom stereocenters. The molecule has 1 N–H and O–H groups in total. The predicted octanol–water partition coefficient (Wildman–Crippen LogP) is 5.80. The van der Waals surface area contributed by atoms with Crippen molar-refractivity contribution in [2.75, 3.05) is 6.61 Å². The van der Waals surface area contributed by atoms with Crippen LogP contribution < -0.4 is 0 Å². The summed E-state index contributed by atoms with van der Waals surface area (Å²) in [6, 6.07) is 0. The summed E-state index contributed by atoms with van der Waals surface area (Å²) in [5.74, 6) is 3.56. The van der Waals surface area contributed by atoms with Gasteiger partial charge >= 0.3 is 5.97 Å². The van der Waals surface area contributed by atoms with Gasteiger partial charge in [-0.15, -0.1) is 0 Å². The lowest BCUT2D eigenvalue weighted by Gasteiger charge is -2.64. The Hall–Kier alpha value is -0.900. The number of hydrogen-bond acceptors (Lipinski definition) is 4. The highest BCUT2D eigenvalue weighted by Gasteiger charge is 2.64. The average Bonchev–Trinajstić information content (AvgIpc) is 3.11. The van der Waals surface area contributed by atoms with Crippen LogP contribution >= 0.6 is 0 Å². The molecule has 0 amide bonds. The van der Waals surface area contributed by atoms with E-state index in [9.17, 15) is 14.7 Å². The molecule has 4 rings (SSSR count). The van der Waals surface area contributed by atoms with Gasteiger partial charge in [0.25, 0.3) is 0 Å². The monoisotopic (exact) mass is 446 g/mol.